The standard InChI is InChI=1S/C19H23NO4/c1-4-24-13-15-9-6-5-8-14(15)12-20-19(21)18-16(22-2)10-7-11-17(18)23-3/h5-11H,4,12-13H2,1-3H3,(H,20,21). The predicted molar refractivity (Wildman–Crippen MR) is 92.5 cm³/mol. The van der Waals surface area contributed by atoms with Gasteiger partial charge in [0.25, 0.3) is 5.91 Å². The predicted octanol–water partition coefficient (Wildman–Crippen LogP) is 3.17. The van der Waals surface area contributed by atoms with E-state index >= 15 is 0 Å². The summed E-state index contributed by atoms with van der Waals surface area (Å²) in [4.78, 5) is 12.6. The van der Waals surface area contributed by atoms with Crippen LogP contribution in [0.1, 0.15) is 28.4 Å². The Kier molecular flexibility index (Phi) is 6.63. The van der Waals surface area contributed by atoms with Crippen molar-refractivity contribution in [1.29, 1.82) is 0 Å². The first-order valence-corrected chi connectivity index (χ1v) is 7.85. The Morgan fingerprint density at radius 1 is 0.958 bits per heavy atom. The maximum Gasteiger partial charge on any atom is 0.259 e. The first-order valence-electron chi connectivity index (χ1n) is 7.85. The molecule has 1 amide bonds. The highest BCUT2D eigenvalue weighted by atomic mass is 16.5. The normalized spacial score (nSPS) is 10.3. The molecule has 2 aromatic carbocycles. The molecular weight excluding hydrogens is 306 g/mol. The number of ether oxygens (including phenoxy) is 3. The fourth-order valence-corrected chi connectivity index (χ4v) is 2.42. The van der Waals surface area contributed by atoms with E-state index in [9.17, 15) is 4.79 Å². The van der Waals surface area contributed by atoms with Gasteiger partial charge >= 0.3 is 0 Å². The van der Waals surface area contributed by atoms with E-state index in [0.717, 1.165) is 11.1 Å². The number of methoxy groups -OCH3 is 2. The van der Waals surface area contributed by atoms with Gasteiger partial charge in [0.05, 0.1) is 20.8 Å². The quantitative estimate of drug-likeness (QED) is 0.808. The molecule has 0 radical (unpaired) electrons. The number of amides is 1. The Bertz CT molecular complexity index is 663. The second kappa shape index (κ2) is 8.93. The summed E-state index contributed by atoms with van der Waals surface area (Å²) >= 11 is 0. The van der Waals surface area contributed by atoms with Crippen molar-refractivity contribution in [2.24, 2.45) is 0 Å². The summed E-state index contributed by atoms with van der Waals surface area (Å²) in [6, 6.07) is 13.1. The lowest BCUT2D eigenvalue weighted by Gasteiger charge is -2.14. The summed E-state index contributed by atoms with van der Waals surface area (Å²) in [5.74, 6) is 0.722. The van der Waals surface area contributed by atoms with Gasteiger partial charge in [0.15, 0.2) is 0 Å². The van der Waals surface area contributed by atoms with Crippen molar-refractivity contribution < 1.29 is 19.0 Å². The second-order valence-corrected chi connectivity index (χ2v) is 5.13. The molecule has 0 atom stereocenters. The third-order valence-corrected chi connectivity index (χ3v) is 3.67. The molecule has 0 aromatic heterocycles. The van der Waals surface area contributed by atoms with Crippen LogP contribution in [0.25, 0.3) is 0 Å². The Morgan fingerprint density at radius 2 is 1.58 bits per heavy atom. The molecule has 2 rings (SSSR count). The number of carbonyl (C=O) groups is 1. The average Bonchev–Trinajstić information content (AvgIpc) is 2.64. The van der Waals surface area contributed by atoms with Gasteiger partial charge in [-0.3, -0.25) is 4.79 Å². The molecule has 0 aliphatic heterocycles. The van der Waals surface area contributed by atoms with Gasteiger partial charge in [-0.05, 0) is 30.2 Å². The maximum absolute atomic E-state index is 12.6. The summed E-state index contributed by atoms with van der Waals surface area (Å²) in [6.07, 6.45) is 0. The van der Waals surface area contributed by atoms with Crippen molar-refractivity contribution in [3.8, 4) is 11.5 Å². The van der Waals surface area contributed by atoms with Gasteiger partial charge in [-0.1, -0.05) is 30.3 Å². The highest BCUT2D eigenvalue weighted by Crippen LogP contribution is 2.28. The van der Waals surface area contributed by atoms with Crippen LogP contribution in [0.4, 0.5) is 0 Å². The zero-order valence-electron chi connectivity index (χ0n) is 14.3. The van der Waals surface area contributed by atoms with Crippen molar-refractivity contribution in [1.82, 2.24) is 5.32 Å². The molecule has 0 aliphatic rings. The van der Waals surface area contributed by atoms with E-state index in [1.54, 1.807) is 18.2 Å². The van der Waals surface area contributed by atoms with Crippen molar-refractivity contribution in [3.63, 3.8) is 0 Å². The largest absolute Gasteiger partial charge is 0.496 e. The molecule has 0 spiro atoms. The van der Waals surface area contributed by atoms with Crippen LogP contribution in [0.5, 0.6) is 11.5 Å². The molecule has 128 valence electrons. The fraction of sp³-hybridized carbons (Fsp3) is 0.316. The van der Waals surface area contributed by atoms with Gasteiger partial charge in [0.1, 0.15) is 17.1 Å². The lowest BCUT2D eigenvalue weighted by molar-refractivity contribution is 0.0943. The topological polar surface area (TPSA) is 56.8 Å². The zero-order chi connectivity index (χ0) is 17.4. The van der Waals surface area contributed by atoms with Crippen molar-refractivity contribution in [2.45, 2.75) is 20.1 Å². The fourth-order valence-electron chi connectivity index (χ4n) is 2.42. The minimum absolute atomic E-state index is 0.240. The minimum atomic E-state index is -0.240. The minimum Gasteiger partial charge on any atom is -0.496 e. The zero-order valence-corrected chi connectivity index (χ0v) is 14.3. The van der Waals surface area contributed by atoms with E-state index in [2.05, 4.69) is 5.32 Å². The SMILES string of the molecule is CCOCc1ccccc1CNC(=O)c1c(OC)cccc1OC. The first kappa shape index (κ1) is 17.8. The number of benzene rings is 2. The Labute approximate surface area is 142 Å². The van der Waals surface area contributed by atoms with Crippen LogP contribution >= 0.6 is 0 Å². The Hall–Kier alpha value is -2.53. The van der Waals surface area contributed by atoms with Crippen LogP contribution in [-0.2, 0) is 17.9 Å². The smallest absolute Gasteiger partial charge is 0.259 e. The van der Waals surface area contributed by atoms with Gasteiger partial charge < -0.3 is 19.5 Å². The van der Waals surface area contributed by atoms with Crippen LogP contribution in [0.15, 0.2) is 42.5 Å². The molecular formula is C19H23NO4. The van der Waals surface area contributed by atoms with Crippen LogP contribution in [0.2, 0.25) is 0 Å². The van der Waals surface area contributed by atoms with E-state index in [0.29, 0.717) is 36.8 Å². The highest BCUT2D eigenvalue weighted by molar-refractivity contribution is 5.99. The molecule has 0 saturated heterocycles. The number of hydrogen-bond donors (Lipinski definition) is 1. The van der Waals surface area contributed by atoms with Crippen LogP contribution in [0.3, 0.4) is 0 Å². The molecule has 2 aromatic rings. The number of carbonyl (C=O) groups excluding carboxylic acids is 1. The van der Waals surface area contributed by atoms with Gasteiger partial charge in [0, 0.05) is 13.2 Å². The Balaban J connectivity index is 2.15. The van der Waals surface area contributed by atoms with Crippen molar-refractivity contribution >= 4 is 5.91 Å². The van der Waals surface area contributed by atoms with Crippen LogP contribution in [0, 0.1) is 0 Å². The third-order valence-electron chi connectivity index (χ3n) is 3.67. The summed E-state index contributed by atoms with van der Waals surface area (Å²) in [7, 11) is 3.06. The molecule has 0 aliphatic carbocycles. The molecule has 0 unspecified atom stereocenters. The summed E-state index contributed by atoms with van der Waals surface area (Å²) in [5, 5.41) is 2.93. The molecule has 1 N–H and O–H groups in total. The molecule has 0 heterocycles. The molecule has 0 fully saturated rings. The highest BCUT2D eigenvalue weighted by Gasteiger charge is 2.18. The third kappa shape index (κ3) is 4.26. The second-order valence-electron chi connectivity index (χ2n) is 5.13. The average molecular weight is 329 g/mol. The van der Waals surface area contributed by atoms with Gasteiger partial charge in [-0.15, -0.1) is 0 Å². The molecule has 24 heavy (non-hydrogen) atoms. The number of rotatable bonds is 8. The van der Waals surface area contributed by atoms with E-state index in [1.165, 1.54) is 14.2 Å². The lowest BCUT2D eigenvalue weighted by Crippen LogP contribution is -2.24. The van der Waals surface area contributed by atoms with Gasteiger partial charge in [-0.25, -0.2) is 0 Å². The summed E-state index contributed by atoms with van der Waals surface area (Å²) in [5.41, 5.74) is 2.48. The molecule has 0 bridgehead atoms. The van der Waals surface area contributed by atoms with E-state index in [4.69, 9.17) is 14.2 Å². The van der Waals surface area contributed by atoms with E-state index in [-0.39, 0.29) is 5.91 Å². The van der Waals surface area contributed by atoms with Crippen LogP contribution < -0.4 is 14.8 Å². The van der Waals surface area contributed by atoms with Crippen LogP contribution in [-0.4, -0.2) is 26.7 Å². The molecule has 5 nitrogen and oxygen atoms in total. The summed E-state index contributed by atoms with van der Waals surface area (Å²) < 4.78 is 16.0. The van der Waals surface area contributed by atoms with E-state index in [1.807, 2.05) is 31.2 Å². The lowest BCUT2D eigenvalue weighted by atomic mass is 10.1. The number of nitrogens with one attached hydrogen (secondary N) is 1. The number of hydrogen-bond acceptors (Lipinski definition) is 4. The van der Waals surface area contributed by atoms with Crippen molar-refractivity contribution in [3.05, 3.63) is 59.2 Å². The first-order chi connectivity index (χ1) is 11.7. The monoisotopic (exact) mass is 329 g/mol. The van der Waals surface area contributed by atoms with Gasteiger partial charge in [-0.2, -0.15) is 0 Å². The van der Waals surface area contributed by atoms with E-state index < -0.39 is 0 Å². The molecule has 0 saturated carbocycles. The maximum atomic E-state index is 12.6. The van der Waals surface area contributed by atoms with Gasteiger partial charge in [0.2, 0.25) is 0 Å². The summed E-state index contributed by atoms with van der Waals surface area (Å²) in [6.45, 7) is 3.54. The Morgan fingerprint density at radius 3 is 2.17 bits per heavy atom. The van der Waals surface area contributed by atoms with Crippen molar-refractivity contribution in [2.75, 3.05) is 20.8 Å². The molecule has 5 heteroatoms.